The van der Waals surface area contributed by atoms with Crippen molar-refractivity contribution in [2.75, 3.05) is 0 Å². The normalized spacial score (nSPS) is 11.6. The minimum Gasteiger partial charge on any atom is -0.399 e. The highest BCUT2D eigenvalue weighted by Gasteiger charge is 2.34. The molecule has 2 aromatic rings. The summed E-state index contributed by atoms with van der Waals surface area (Å²) in [6.45, 7) is 0. The molecule has 0 unspecified atom stereocenters. The van der Waals surface area contributed by atoms with Crippen molar-refractivity contribution in [3.8, 4) is 16.9 Å². The number of halogens is 8. The Bertz CT molecular complexity index is 676. The fourth-order valence-corrected chi connectivity index (χ4v) is 1.74. The van der Waals surface area contributed by atoms with E-state index in [4.69, 9.17) is 0 Å². The lowest BCUT2D eigenvalue weighted by atomic mass is 10.0. The molecule has 118 valence electrons. The topological polar surface area (TPSA) is 9.23 Å². The molecule has 0 saturated carbocycles. The lowest BCUT2D eigenvalue weighted by Gasteiger charge is -2.12. The largest absolute Gasteiger partial charge is 0.573 e. The Morgan fingerprint density at radius 2 is 1.14 bits per heavy atom. The number of hydrogen-bond acceptors (Lipinski definition) is 1. The van der Waals surface area contributed by atoms with Gasteiger partial charge in [0, 0.05) is 12.1 Å². The van der Waals surface area contributed by atoms with E-state index in [0.29, 0.717) is 0 Å². The van der Waals surface area contributed by atoms with Crippen molar-refractivity contribution in [2.24, 2.45) is 0 Å². The van der Waals surface area contributed by atoms with Crippen LogP contribution in [0.3, 0.4) is 0 Å². The highest BCUT2D eigenvalue weighted by molar-refractivity contribution is 5.66. The molecule has 0 amide bonds. The summed E-state index contributed by atoms with van der Waals surface area (Å²) < 4.78 is 106. The van der Waals surface area contributed by atoms with Gasteiger partial charge in [0.15, 0.2) is 11.6 Å². The number of ether oxygens (including phenoxy) is 1. The van der Waals surface area contributed by atoms with Crippen LogP contribution in [0.4, 0.5) is 35.1 Å². The van der Waals surface area contributed by atoms with E-state index in [2.05, 4.69) is 4.74 Å². The maximum atomic E-state index is 13.5. The highest BCUT2D eigenvalue weighted by atomic mass is 19.4. The molecule has 0 aliphatic carbocycles. The number of alkyl halides is 3. The van der Waals surface area contributed by atoms with Gasteiger partial charge < -0.3 is 4.74 Å². The molecule has 0 spiro atoms. The second-order valence-corrected chi connectivity index (χ2v) is 4.06. The molecule has 0 aliphatic rings. The van der Waals surface area contributed by atoms with E-state index >= 15 is 0 Å². The summed E-state index contributed by atoms with van der Waals surface area (Å²) in [6.07, 6.45) is -5.35. The number of rotatable bonds is 2. The van der Waals surface area contributed by atoms with Crippen LogP contribution in [0.2, 0.25) is 0 Å². The Balaban J connectivity index is 2.56. The first-order valence-corrected chi connectivity index (χ1v) is 5.48. The van der Waals surface area contributed by atoms with Gasteiger partial charge in [-0.05, 0) is 17.7 Å². The van der Waals surface area contributed by atoms with Gasteiger partial charge in [0.2, 0.25) is 5.75 Å². The lowest BCUT2D eigenvalue weighted by molar-refractivity contribution is -0.276. The molecule has 0 N–H and O–H groups in total. The van der Waals surface area contributed by atoms with Crippen LogP contribution in [0, 0.1) is 29.1 Å². The average molecular weight is 328 g/mol. The molecule has 0 heterocycles. The molecule has 0 saturated heterocycles. The standard InChI is InChI=1S/C13H4F8O/c14-6-3-7(15)11(8(16)4-6)5-1-9(17)12(10(18)2-5)22-13(19,20)21/h1-4H. The second-order valence-electron chi connectivity index (χ2n) is 4.06. The predicted octanol–water partition coefficient (Wildman–Crippen LogP) is 4.95. The molecule has 0 bridgehead atoms. The molecule has 0 aromatic heterocycles. The van der Waals surface area contributed by atoms with Crippen LogP contribution in [-0.2, 0) is 0 Å². The van der Waals surface area contributed by atoms with Crippen LogP contribution >= 0.6 is 0 Å². The summed E-state index contributed by atoms with van der Waals surface area (Å²) in [7, 11) is 0. The zero-order chi connectivity index (χ0) is 16.7. The van der Waals surface area contributed by atoms with Gasteiger partial charge in [-0.25, -0.2) is 22.0 Å². The molecule has 0 aliphatic heterocycles. The molecule has 0 radical (unpaired) electrons. The Morgan fingerprint density at radius 3 is 1.55 bits per heavy atom. The molecular formula is C13H4F8O. The molecular weight excluding hydrogens is 324 g/mol. The van der Waals surface area contributed by atoms with Crippen LogP contribution in [-0.4, -0.2) is 6.36 Å². The minimum absolute atomic E-state index is 0.240. The fraction of sp³-hybridized carbons (Fsp3) is 0.0769. The van der Waals surface area contributed by atoms with Gasteiger partial charge in [-0.3, -0.25) is 0 Å². The summed E-state index contributed by atoms with van der Waals surface area (Å²) >= 11 is 0. The van der Waals surface area contributed by atoms with Crippen molar-refractivity contribution in [2.45, 2.75) is 6.36 Å². The van der Waals surface area contributed by atoms with Crippen LogP contribution in [0.5, 0.6) is 5.75 Å². The summed E-state index contributed by atoms with van der Waals surface area (Å²) in [6, 6.07) is 0.996. The van der Waals surface area contributed by atoms with Gasteiger partial charge in [-0.1, -0.05) is 0 Å². The quantitative estimate of drug-likeness (QED) is 0.709. The Kier molecular flexibility index (Phi) is 3.99. The summed E-state index contributed by atoms with van der Waals surface area (Å²) in [5.74, 6) is -9.62. The third-order valence-electron chi connectivity index (χ3n) is 2.51. The molecule has 0 atom stereocenters. The lowest BCUT2D eigenvalue weighted by Crippen LogP contribution is -2.19. The molecule has 2 rings (SSSR count). The first kappa shape index (κ1) is 16.1. The Labute approximate surface area is 117 Å². The van der Waals surface area contributed by atoms with E-state index in [0.717, 1.165) is 0 Å². The van der Waals surface area contributed by atoms with Crippen molar-refractivity contribution in [1.82, 2.24) is 0 Å². The van der Waals surface area contributed by atoms with Crippen molar-refractivity contribution in [3.05, 3.63) is 53.4 Å². The first-order valence-electron chi connectivity index (χ1n) is 5.48. The van der Waals surface area contributed by atoms with E-state index < -0.39 is 52.3 Å². The van der Waals surface area contributed by atoms with Crippen LogP contribution in [0.15, 0.2) is 24.3 Å². The van der Waals surface area contributed by atoms with Gasteiger partial charge in [0.25, 0.3) is 0 Å². The van der Waals surface area contributed by atoms with Crippen molar-refractivity contribution >= 4 is 0 Å². The Morgan fingerprint density at radius 1 is 0.682 bits per heavy atom. The maximum absolute atomic E-state index is 13.5. The number of benzene rings is 2. The smallest absolute Gasteiger partial charge is 0.399 e. The van der Waals surface area contributed by atoms with Crippen LogP contribution in [0.1, 0.15) is 0 Å². The monoisotopic (exact) mass is 328 g/mol. The predicted molar refractivity (Wildman–Crippen MR) is 58.4 cm³/mol. The summed E-state index contributed by atoms with van der Waals surface area (Å²) in [5, 5.41) is 0. The van der Waals surface area contributed by atoms with Gasteiger partial charge in [-0.2, -0.15) is 0 Å². The van der Waals surface area contributed by atoms with E-state index in [9.17, 15) is 35.1 Å². The van der Waals surface area contributed by atoms with Crippen molar-refractivity contribution in [1.29, 1.82) is 0 Å². The SMILES string of the molecule is Fc1cc(F)c(-c2cc(F)c(OC(F)(F)F)c(F)c2)c(F)c1. The van der Waals surface area contributed by atoms with Gasteiger partial charge >= 0.3 is 6.36 Å². The molecule has 9 heteroatoms. The summed E-state index contributed by atoms with van der Waals surface area (Å²) in [4.78, 5) is 0. The Hall–Kier alpha value is -2.32. The van der Waals surface area contributed by atoms with Crippen LogP contribution < -0.4 is 4.74 Å². The molecule has 2 aromatic carbocycles. The van der Waals surface area contributed by atoms with E-state index in [-0.39, 0.29) is 24.3 Å². The molecule has 0 fully saturated rings. The maximum Gasteiger partial charge on any atom is 0.573 e. The van der Waals surface area contributed by atoms with E-state index in [1.165, 1.54) is 0 Å². The molecule has 1 nitrogen and oxygen atoms in total. The van der Waals surface area contributed by atoms with Gasteiger partial charge in [-0.15, -0.1) is 13.2 Å². The molecule has 22 heavy (non-hydrogen) atoms. The zero-order valence-corrected chi connectivity index (χ0v) is 10.2. The second kappa shape index (κ2) is 5.47. The third kappa shape index (κ3) is 3.29. The average Bonchev–Trinajstić information content (AvgIpc) is 2.31. The van der Waals surface area contributed by atoms with Crippen molar-refractivity contribution in [3.63, 3.8) is 0 Å². The highest BCUT2D eigenvalue weighted by Crippen LogP contribution is 2.34. The minimum atomic E-state index is -5.35. The van der Waals surface area contributed by atoms with E-state index in [1.807, 2.05) is 0 Å². The van der Waals surface area contributed by atoms with Gasteiger partial charge in [0.1, 0.15) is 17.5 Å². The fourth-order valence-electron chi connectivity index (χ4n) is 1.74. The third-order valence-corrected chi connectivity index (χ3v) is 2.51. The first-order chi connectivity index (χ1) is 10.1. The summed E-state index contributed by atoms with van der Waals surface area (Å²) in [5.41, 5.74) is -1.74. The van der Waals surface area contributed by atoms with Crippen LogP contribution in [0.25, 0.3) is 11.1 Å². The van der Waals surface area contributed by atoms with Crippen molar-refractivity contribution < 1.29 is 39.9 Å². The van der Waals surface area contributed by atoms with E-state index in [1.54, 1.807) is 0 Å². The number of hydrogen-bond donors (Lipinski definition) is 0. The van der Waals surface area contributed by atoms with Gasteiger partial charge in [0.05, 0.1) is 5.56 Å². The zero-order valence-electron chi connectivity index (χ0n) is 10.2.